The number of thioether (sulfide) groups is 1. The first kappa shape index (κ1) is 23.1. The van der Waals surface area contributed by atoms with Gasteiger partial charge in [-0.15, -0.1) is 0 Å². The van der Waals surface area contributed by atoms with Crippen LogP contribution in [0.1, 0.15) is 35.7 Å². The van der Waals surface area contributed by atoms with E-state index in [-0.39, 0.29) is 11.4 Å². The normalized spacial score (nSPS) is 16.7. The fraction of sp³-hybridized carbons (Fsp3) is 0.259. The Morgan fingerprint density at radius 3 is 2.74 bits per heavy atom. The van der Waals surface area contributed by atoms with Crippen molar-refractivity contribution in [1.82, 2.24) is 9.58 Å². The third-order valence-electron chi connectivity index (χ3n) is 6.28. The number of nitrogens with one attached hydrogen (secondary N) is 1. The number of fused-ring (bicyclic) bond motifs is 2. The van der Waals surface area contributed by atoms with Gasteiger partial charge in [-0.1, -0.05) is 37.3 Å². The summed E-state index contributed by atoms with van der Waals surface area (Å²) in [6, 6.07) is 14.3. The minimum Gasteiger partial charge on any atom is -0.491 e. The van der Waals surface area contributed by atoms with E-state index in [0.29, 0.717) is 18.3 Å². The molecule has 35 heavy (non-hydrogen) atoms. The number of carbonyl (C=O) groups is 1. The number of aromatic nitrogens is 1. The number of amides is 1. The molecule has 0 bridgehead atoms. The van der Waals surface area contributed by atoms with Crippen LogP contribution in [-0.2, 0) is 11.3 Å². The van der Waals surface area contributed by atoms with Crippen molar-refractivity contribution in [3.05, 3.63) is 70.4 Å². The zero-order valence-electron chi connectivity index (χ0n) is 20.3. The second kappa shape index (κ2) is 9.19. The number of hydrogen-bond acceptors (Lipinski definition) is 5. The van der Waals surface area contributed by atoms with Crippen LogP contribution in [0.3, 0.4) is 0 Å². The lowest BCUT2D eigenvalue weighted by Gasteiger charge is -2.20. The van der Waals surface area contributed by atoms with Crippen molar-refractivity contribution in [2.24, 2.45) is 10.1 Å². The van der Waals surface area contributed by atoms with Gasteiger partial charge in [0.1, 0.15) is 17.4 Å². The van der Waals surface area contributed by atoms with E-state index in [4.69, 9.17) is 10.1 Å². The number of aryl methyl sites for hydroxylation is 2. The Morgan fingerprint density at radius 2 is 1.94 bits per heavy atom. The molecule has 2 aliphatic rings. The lowest BCUT2D eigenvalue weighted by atomic mass is 10.1. The number of nitrogens with zero attached hydrogens (tertiary/aromatic N) is 4. The summed E-state index contributed by atoms with van der Waals surface area (Å²) in [4.78, 5) is 17.1. The van der Waals surface area contributed by atoms with Gasteiger partial charge in [-0.05, 0) is 68.3 Å². The van der Waals surface area contributed by atoms with E-state index in [9.17, 15) is 4.79 Å². The third-order valence-corrected chi connectivity index (χ3v) is 7.34. The van der Waals surface area contributed by atoms with E-state index in [2.05, 4.69) is 45.9 Å². The van der Waals surface area contributed by atoms with E-state index in [1.807, 2.05) is 39.0 Å². The molecule has 3 heterocycles. The molecule has 0 unspecified atom stereocenters. The van der Waals surface area contributed by atoms with Gasteiger partial charge in [0, 0.05) is 22.2 Å². The Balaban J connectivity index is 1.48. The van der Waals surface area contributed by atoms with Crippen molar-refractivity contribution in [3.63, 3.8) is 0 Å². The summed E-state index contributed by atoms with van der Waals surface area (Å²) in [5.74, 6) is 0.549. The van der Waals surface area contributed by atoms with Crippen LogP contribution in [-0.4, -0.2) is 38.1 Å². The van der Waals surface area contributed by atoms with Gasteiger partial charge in [0.2, 0.25) is 5.17 Å². The highest BCUT2D eigenvalue weighted by Crippen LogP contribution is 2.32. The Morgan fingerprint density at radius 1 is 1.14 bits per heavy atom. The highest BCUT2D eigenvalue weighted by Gasteiger charge is 2.35. The number of aliphatic imine (C=N–C) groups is 1. The molecule has 1 N–H and O–H groups in total. The summed E-state index contributed by atoms with van der Waals surface area (Å²) in [5, 5.41) is 16.9. The Kier molecular flexibility index (Phi) is 6.06. The first-order valence-corrected chi connectivity index (χ1v) is 12.5. The van der Waals surface area contributed by atoms with Gasteiger partial charge in [0.15, 0.2) is 5.84 Å². The van der Waals surface area contributed by atoms with Crippen molar-refractivity contribution in [2.75, 3.05) is 6.61 Å². The van der Waals surface area contributed by atoms with Gasteiger partial charge < -0.3 is 9.30 Å². The maximum absolute atomic E-state index is 12.9. The lowest BCUT2D eigenvalue weighted by Crippen LogP contribution is -2.35. The lowest BCUT2D eigenvalue weighted by molar-refractivity contribution is -0.114. The highest BCUT2D eigenvalue weighted by molar-refractivity contribution is 8.26. The van der Waals surface area contributed by atoms with E-state index in [1.165, 1.54) is 22.3 Å². The average molecular weight is 486 g/mol. The maximum atomic E-state index is 12.9. The van der Waals surface area contributed by atoms with Gasteiger partial charge in [-0.3, -0.25) is 10.2 Å². The summed E-state index contributed by atoms with van der Waals surface area (Å²) in [5.41, 5.74) is 5.49. The topological polar surface area (TPSA) is 83.0 Å². The molecule has 0 fully saturated rings. The third kappa shape index (κ3) is 4.18. The molecule has 8 heteroatoms. The van der Waals surface area contributed by atoms with Crippen LogP contribution in [0, 0.1) is 26.2 Å². The summed E-state index contributed by atoms with van der Waals surface area (Å²) in [6.45, 7) is 9.31. The van der Waals surface area contributed by atoms with Crippen LogP contribution in [0.25, 0.3) is 17.0 Å². The SMILES string of the molecule is CCC1=NN2C(=N)C(=Cc3c(C)n(CCOc4cc(C)ccc4C)c4ccccc34)C(=O)N=C2S1. The zero-order valence-corrected chi connectivity index (χ0v) is 21.1. The van der Waals surface area contributed by atoms with Crippen LogP contribution >= 0.6 is 11.8 Å². The first-order chi connectivity index (χ1) is 16.9. The predicted octanol–water partition coefficient (Wildman–Crippen LogP) is 5.67. The molecule has 0 spiro atoms. The monoisotopic (exact) mass is 485 g/mol. The van der Waals surface area contributed by atoms with Crippen LogP contribution in [0.4, 0.5) is 0 Å². The van der Waals surface area contributed by atoms with Gasteiger partial charge >= 0.3 is 0 Å². The quantitative estimate of drug-likeness (QED) is 0.456. The van der Waals surface area contributed by atoms with Crippen molar-refractivity contribution in [2.45, 2.75) is 40.7 Å². The molecule has 0 aliphatic carbocycles. The van der Waals surface area contributed by atoms with Crippen molar-refractivity contribution in [1.29, 1.82) is 5.41 Å². The molecule has 0 saturated carbocycles. The van der Waals surface area contributed by atoms with Crippen molar-refractivity contribution in [3.8, 4) is 5.75 Å². The molecule has 0 saturated heterocycles. The smallest absolute Gasteiger partial charge is 0.283 e. The number of carbonyl (C=O) groups excluding carboxylic acids is 1. The van der Waals surface area contributed by atoms with E-state index < -0.39 is 5.91 Å². The average Bonchev–Trinajstić information content (AvgIpc) is 3.38. The molecule has 7 nitrogen and oxygen atoms in total. The molecule has 5 rings (SSSR count). The van der Waals surface area contributed by atoms with E-state index in [1.54, 1.807) is 6.08 Å². The number of para-hydroxylation sites is 1. The molecule has 178 valence electrons. The molecular formula is C27H27N5O2S. The van der Waals surface area contributed by atoms with Crippen LogP contribution in [0.15, 0.2) is 58.1 Å². The summed E-state index contributed by atoms with van der Waals surface area (Å²) in [6.07, 6.45) is 2.52. The summed E-state index contributed by atoms with van der Waals surface area (Å²) in [7, 11) is 0. The second-order valence-electron chi connectivity index (χ2n) is 8.65. The number of hydrogen-bond donors (Lipinski definition) is 1. The molecule has 3 aromatic rings. The van der Waals surface area contributed by atoms with Gasteiger partial charge in [0.25, 0.3) is 5.91 Å². The minimum atomic E-state index is -0.407. The van der Waals surface area contributed by atoms with Gasteiger partial charge in [0.05, 0.1) is 12.1 Å². The minimum absolute atomic E-state index is 0.0606. The first-order valence-electron chi connectivity index (χ1n) is 11.6. The van der Waals surface area contributed by atoms with Crippen molar-refractivity contribution >= 4 is 50.7 Å². The molecule has 0 atom stereocenters. The molecule has 0 radical (unpaired) electrons. The van der Waals surface area contributed by atoms with Crippen LogP contribution < -0.4 is 4.74 Å². The number of rotatable bonds is 6. The van der Waals surface area contributed by atoms with Crippen LogP contribution in [0.5, 0.6) is 5.75 Å². The molecule has 1 amide bonds. The number of amidine groups is 2. The van der Waals surface area contributed by atoms with Gasteiger partial charge in [-0.25, -0.2) is 0 Å². The van der Waals surface area contributed by atoms with E-state index >= 15 is 0 Å². The van der Waals surface area contributed by atoms with Crippen LogP contribution in [0.2, 0.25) is 0 Å². The molecule has 2 aliphatic heterocycles. The van der Waals surface area contributed by atoms with Crippen molar-refractivity contribution < 1.29 is 9.53 Å². The number of hydrazone groups is 1. The number of benzene rings is 2. The summed E-state index contributed by atoms with van der Waals surface area (Å²) >= 11 is 1.35. The highest BCUT2D eigenvalue weighted by atomic mass is 32.2. The zero-order chi connectivity index (χ0) is 24.7. The molecular weight excluding hydrogens is 458 g/mol. The van der Waals surface area contributed by atoms with Gasteiger partial charge in [-0.2, -0.15) is 15.1 Å². The summed E-state index contributed by atoms with van der Waals surface area (Å²) < 4.78 is 8.33. The molecule has 1 aromatic heterocycles. The Hall–Kier alpha value is -3.65. The predicted molar refractivity (Wildman–Crippen MR) is 143 cm³/mol. The Labute approximate surface area is 208 Å². The van der Waals surface area contributed by atoms with E-state index in [0.717, 1.165) is 44.9 Å². The Bertz CT molecular complexity index is 1460. The fourth-order valence-electron chi connectivity index (χ4n) is 4.36. The second-order valence-corrected chi connectivity index (χ2v) is 9.69. The standard InChI is InChI=1S/C27H27N5O2S/c1-5-24-30-32-25(28)21(26(33)29-27(32)35-24)15-20-18(4)31(22-9-7-6-8-19(20)22)12-13-34-23-14-16(2)10-11-17(23)3/h6-11,14-15,28H,5,12-13H2,1-4H3. The molecule has 2 aromatic carbocycles. The number of ether oxygens (including phenoxy) is 1. The largest absolute Gasteiger partial charge is 0.491 e. The fourth-order valence-corrected chi connectivity index (χ4v) is 5.18. The maximum Gasteiger partial charge on any atom is 0.283 e.